The predicted octanol–water partition coefficient (Wildman–Crippen LogP) is 4.06. The van der Waals surface area contributed by atoms with E-state index < -0.39 is 10.0 Å². The van der Waals surface area contributed by atoms with Crippen molar-refractivity contribution in [2.24, 2.45) is 5.92 Å². The molecule has 3 rings (SSSR count). The minimum atomic E-state index is -3.45. The molecule has 1 unspecified atom stereocenters. The van der Waals surface area contributed by atoms with Gasteiger partial charge in [-0.3, -0.25) is 0 Å². The van der Waals surface area contributed by atoms with Gasteiger partial charge in [-0.1, -0.05) is 31.5 Å². The van der Waals surface area contributed by atoms with Gasteiger partial charge in [0.1, 0.15) is 4.90 Å². The molecule has 1 saturated heterocycles. The minimum absolute atomic E-state index is 0.235. The maximum Gasteiger partial charge on any atom is 0.244 e. The van der Waals surface area contributed by atoms with Crippen LogP contribution in [-0.2, 0) is 15.9 Å². The standard InChI is InChI=1S/C15H18ClNO2S2/c1-2-11-7-8-17(10-11)21(18,19)15-12-5-3-4-6-13(12)20-14(15)9-16/h3-6,11H,2,7-10H2,1H3. The molecular formula is C15H18ClNO2S2. The number of thiophene rings is 1. The number of fused-ring (bicyclic) bond motifs is 1. The number of rotatable bonds is 4. The zero-order chi connectivity index (χ0) is 15.0. The number of hydrogen-bond donors (Lipinski definition) is 0. The maximum absolute atomic E-state index is 13.0. The van der Waals surface area contributed by atoms with E-state index in [4.69, 9.17) is 11.6 Å². The van der Waals surface area contributed by atoms with Gasteiger partial charge in [0.25, 0.3) is 0 Å². The molecule has 1 aromatic heterocycles. The Morgan fingerprint density at radius 1 is 1.38 bits per heavy atom. The third-order valence-corrected chi connectivity index (χ3v) is 7.88. The van der Waals surface area contributed by atoms with Crippen molar-refractivity contribution in [1.29, 1.82) is 0 Å². The molecule has 0 saturated carbocycles. The van der Waals surface area contributed by atoms with Crippen LogP contribution in [0.4, 0.5) is 0 Å². The molecular weight excluding hydrogens is 326 g/mol. The maximum atomic E-state index is 13.0. The van der Waals surface area contributed by atoms with E-state index in [1.807, 2.05) is 24.3 Å². The second-order valence-electron chi connectivity index (χ2n) is 5.41. The number of nitrogens with zero attached hydrogens (tertiary/aromatic N) is 1. The van der Waals surface area contributed by atoms with E-state index in [2.05, 4.69) is 6.92 Å². The summed E-state index contributed by atoms with van der Waals surface area (Å²) in [6.45, 7) is 3.36. The molecule has 0 N–H and O–H groups in total. The highest BCUT2D eigenvalue weighted by Gasteiger charge is 2.35. The van der Waals surface area contributed by atoms with E-state index in [9.17, 15) is 8.42 Å². The third kappa shape index (κ3) is 2.61. The second-order valence-corrected chi connectivity index (χ2v) is 8.69. The van der Waals surface area contributed by atoms with Gasteiger partial charge in [-0.2, -0.15) is 4.31 Å². The van der Waals surface area contributed by atoms with Crippen molar-refractivity contribution in [2.45, 2.75) is 30.5 Å². The molecule has 21 heavy (non-hydrogen) atoms. The summed E-state index contributed by atoms with van der Waals surface area (Å²) in [4.78, 5) is 1.17. The number of hydrogen-bond acceptors (Lipinski definition) is 3. The van der Waals surface area contributed by atoms with Crippen LogP contribution >= 0.6 is 22.9 Å². The summed E-state index contributed by atoms with van der Waals surface area (Å²) in [5.41, 5.74) is 0. The summed E-state index contributed by atoms with van der Waals surface area (Å²) in [7, 11) is -3.45. The van der Waals surface area contributed by atoms with Gasteiger partial charge in [-0.05, 0) is 18.4 Å². The van der Waals surface area contributed by atoms with E-state index in [0.29, 0.717) is 23.9 Å². The van der Waals surface area contributed by atoms with Gasteiger partial charge in [0.2, 0.25) is 10.0 Å². The van der Waals surface area contributed by atoms with Crippen molar-refractivity contribution in [1.82, 2.24) is 4.31 Å². The molecule has 1 aliphatic heterocycles. The van der Waals surface area contributed by atoms with Gasteiger partial charge in [-0.25, -0.2) is 8.42 Å². The van der Waals surface area contributed by atoms with E-state index in [1.165, 1.54) is 11.3 Å². The molecule has 0 radical (unpaired) electrons. The van der Waals surface area contributed by atoms with E-state index in [0.717, 1.165) is 27.8 Å². The topological polar surface area (TPSA) is 37.4 Å². The van der Waals surface area contributed by atoms with Gasteiger partial charge in [-0.15, -0.1) is 22.9 Å². The highest BCUT2D eigenvalue weighted by molar-refractivity contribution is 7.89. The molecule has 0 spiro atoms. The highest BCUT2D eigenvalue weighted by atomic mass is 35.5. The van der Waals surface area contributed by atoms with E-state index >= 15 is 0 Å². The first kappa shape index (κ1) is 15.3. The molecule has 2 heterocycles. The summed E-state index contributed by atoms with van der Waals surface area (Å²) in [6.07, 6.45) is 1.98. The number of alkyl halides is 1. The number of benzene rings is 1. The monoisotopic (exact) mass is 343 g/mol. The molecule has 1 aliphatic rings. The lowest BCUT2D eigenvalue weighted by Crippen LogP contribution is -2.29. The average molecular weight is 344 g/mol. The molecule has 1 atom stereocenters. The summed E-state index contributed by atoms with van der Waals surface area (Å²) < 4.78 is 28.7. The Morgan fingerprint density at radius 3 is 2.81 bits per heavy atom. The van der Waals surface area contributed by atoms with Crippen LogP contribution < -0.4 is 0 Å². The van der Waals surface area contributed by atoms with Crippen LogP contribution in [0.15, 0.2) is 29.2 Å². The smallest absolute Gasteiger partial charge is 0.207 e. The highest BCUT2D eigenvalue weighted by Crippen LogP contribution is 2.38. The van der Waals surface area contributed by atoms with Gasteiger partial charge in [0.15, 0.2) is 0 Å². The van der Waals surface area contributed by atoms with Gasteiger partial charge in [0.05, 0.1) is 5.88 Å². The number of sulfonamides is 1. The van der Waals surface area contributed by atoms with Crippen molar-refractivity contribution in [2.75, 3.05) is 13.1 Å². The molecule has 0 bridgehead atoms. The molecule has 114 valence electrons. The molecule has 1 fully saturated rings. The van der Waals surface area contributed by atoms with Crippen LogP contribution in [0.3, 0.4) is 0 Å². The van der Waals surface area contributed by atoms with Crippen LogP contribution in [0, 0.1) is 5.92 Å². The minimum Gasteiger partial charge on any atom is -0.207 e. The Hall–Kier alpha value is -0.620. The fourth-order valence-electron chi connectivity index (χ4n) is 2.92. The zero-order valence-electron chi connectivity index (χ0n) is 11.9. The Kier molecular flexibility index (Phi) is 4.28. The second kappa shape index (κ2) is 5.88. The Bertz CT molecular complexity index is 754. The summed E-state index contributed by atoms with van der Waals surface area (Å²) in [5.74, 6) is 0.711. The first-order valence-corrected chi connectivity index (χ1v) is 9.93. The molecule has 0 aliphatic carbocycles. The fourth-order valence-corrected chi connectivity index (χ4v) is 6.58. The molecule has 6 heteroatoms. The summed E-state index contributed by atoms with van der Waals surface area (Å²) in [5, 5.41) is 0.804. The number of halogens is 1. The summed E-state index contributed by atoms with van der Waals surface area (Å²) >= 11 is 7.48. The summed E-state index contributed by atoms with van der Waals surface area (Å²) in [6, 6.07) is 7.64. The Labute approximate surface area is 134 Å². The van der Waals surface area contributed by atoms with Gasteiger partial charge in [0, 0.05) is 28.1 Å². The Balaban J connectivity index is 2.10. The van der Waals surface area contributed by atoms with Crippen molar-refractivity contribution in [3.8, 4) is 0 Å². The third-order valence-electron chi connectivity index (χ3n) is 4.16. The molecule has 1 aromatic carbocycles. The fraction of sp³-hybridized carbons (Fsp3) is 0.467. The lowest BCUT2D eigenvalue weighted by molar-refractivity contribution is 0.453. The lowest BCUT2D eigenvalue weighted by Gasteiger charge is -2.17. The largest absolute Gasteiger partial charge is 0.244 e. The van der Waals surface area contributed by atoms with Crippen molar-refractivity contribution < 1.29 is 8.42 Å². The van der Waals surface area contributed by atoms with E-state index in [-0.39, 0.29) is 5.88 Å². The van der Waals surface area contributed by atoms with Crippen LogP contribution in [-0.4, -0.2) is 25.8 Å². The quantitative estimate of drug-likeness (QED) is 0.785. The first-order chi connectivity index (χ1) is 10.1. The van der Waals surface area contributed by atoms with Crippen molar-refractivity contribution in [3.63, 3.8) is 0 Å². The van der Waals surface area contributed by atoms with Crippen LogP contribution in [0.2, 0.25) is 0 Å². The van der Waals surface area contributed by atoms with Crippen LogP contribution in [0.1, 0.15) is 24.6 Å². The SMILES string of the molecule is CCC1CCN(S(=O)(=O)c2c(CCl)sc3ccccc23)C1. The van der Waals surface area contributed by atoms with Crippen LogP contribution in [0.25, 0.3) is 10.1 Å². The van der Waals surface area contributed by atoms with Gasteiger partial charge < -0.3 is 0 Å². The Morgan fingerprint density at radius 2 is 2.14 bits per heavy atom. The first-order valence-electron chi connectivity index (χ1n) is 7.14. The normalized spacial score (nSPS) is 20.4. The van der Waals surface area contributed by atoms with Crippen molar-refractivity contribution in [3.05, 3.63) is 29.1 Å². The van der Waals surface area contributed by atoms with Crippen LogP contribution in [0.5, 0.6) is 0 Å². The molecule has 3 nitrogen and oxygen atoms in total. The zero-order valence-corrected chi connectivity index (χ0v) is 14.3. The predicted molar refractivity (Wildman–Crippen MR) is 88.5 cm³/mol. The average Bonchev–Trinajstić information content (AvgIpc) is 3.11. The molecule has 2 aromatic rings. The lowest BCUT2D eigenvalue weighted by atomic mass is 10.1. The van der Waals surface area contributed by atoms with E-state index in [1.54, 1.807) is 4.31 Å². The molecule has 0 amide bonds. The van der Waals surface area contributed by atoms with Gasteiger partial charge >= 0.3 is 0 Å². The van der Waals surface area contributed by atoms with Crippen molar-refractivity contribution >= 4 is 43.0 Å².